The number of nitrogens with zero attached hydrogens (tertiary/aromatic N) is 4. The molecule has 0 N–H and O–H groups in total. The molecule has 8 heteroatoms. The lowest BCUT2D eigenvalue weighted by molar-refractivity contribution is 0.416. The van der Waals surface area contributed by atoms with Gasteiger partial charge in [-0.3, -0.25) is 0 Å². The highest BCUT2D eigenvalue weighted by Crippen LogP contribution is 2.36. The quantitative estimate of drug-likeness (QED) is 0.319. The zero-order chi connectivity index (χ0) is 21.4. The number of benzene rings is 2. The van der Waals surface area contributed by atoms with Crippen molar-refractivity contribution in [3.63, 3.8) is 0 Å². The van der Waals surface area contributed by atoms with E-state index in [9.17, 15) is 0 Å². The topological polar surface area (TPSA) is 56.7 Å². The van der Waals surface area contributed by atoms with Crippen LogP contribution in [0.15, 0.2) is 47.0 Å². The molecular weight excluding hydrogens is 443 g/mol. The van der Waals surface area contributed by atoms with Crippen molar-refractivity contribution in [2.45, 2.75) is 27.2 Å². The molecule has 5 nitrogen and oxygen atoms in total. The van der Waals surface area contributed by atoms with Gasteiger partial charge in [0, 0.05) is 27.6 Å². The first-order valence-electron chi connectivity index (χ1n) is 9.47. The van der Waals surface area contributed by atoms with Gasteiger partial charge in [0.05, 0.1) is 16.4 Å². The van der Waals surface area contributed by atoms with Gasteiger partial charge < -0.3 is 4.52 Å². The van der Waals surface area contributed by atoms with Crippen LogP contribution in [-0.2, 0) is 6.42 Å². The molecule has 4 aromatic rings. The van der Waals surface area contributed by atoms with Gasteiger partial charge in [0.2, 0.25) is 0 Å². The van der Waals surface area contributed by atoms with E-state index in [4.69, 9.17) is 44.4 Å². The largest absolute Gasteiger partial charge is 0.332 e. The summed E-state index contributed by atoms with van der Waals surface area (Å²) in [6.45, 7) is 6.19. The molecule has 0 aliphatic rings. The summed E-state index contributed by atoms with van der Waals surface area (Å²) in [5.74, 6) is 1.46. The van der Waals surface area contributed by atoms with E-state index >= 15 is 0 Å². The van der Waals surface area contributed by atoms with Crippen molar-refractivity contribution < 1.29 is 4.52 Å². The van der Waals surface area contributed by atoms with Crippen LogP contribution in [0.4, 0.5) is 0 Å². The molecule has 0 aliphatic carbocycles. The molecule has 0 atom stereocenters. The Hall–Kier alpha value is -2.34. The molecule has 154 valence electrons. The zero-order valence-corrected chi connectivity index (χ0v) is 18.9. The Morgan fingerprint density at radius 3 is 2.37 bits per heavy atom. The van der Waals surface area contributed by atoms with Gasteiger partial charge in [-0.2, -0.15) is 10.1 Å². The van der Waals surface area contributed by atoms with Gasteiger partial charge in [0.25, 0.3) is 5.89 Å². The average Bonchev–Trinajstić information content (AvgIpc) is 3.26. The predicted octanol–water partition coefficient (Wildman–Crippen LogP) is 7.06. The number of halogens is 3. The summed E-state index contributed by atoms with van der Waals surface area (Å²) in [7, 11) is 0. The molecule has 0 unspecified atom stereocenters. The molecule has 0 saturated heterocycles. The van der Waals surface area contributed by atoms with Crippen LogP contribution >= 0.6 is 34.8 Å². The first-order valence-corrected chi connectivity index (χ1v) is 10.6. The summed E-state index contributed by atoms with van der Waals surface area (Å²) in [6, 6.07) is 12.8. The molecule has 30 heavy (non-hydrogen) atoms. The van der Waals surface area contributed by atoms with Crippen LogP contribution < -0.4 is 0 Å². The first kappa shape index (κ1) is 20.9. The normalized spacial score (nSPS) is 11.4. The first-order chi connectivity index (χ1) is 14.3. The van der Waals surface area contributed by atoms with Gasteiger partial charge in [-0.1, -0.05) is 65.9 Å². The van der Waals surface area contributed by atoms with Crippen molar-refractivity contribution in [1.82, 2.24) is 19.9 Å². The van der Waals surface area contributed by atoms with E-state index in [1.807, 2.05) is 37.3 Å². The SMILES string of the molecule is Cc1c(-c2nc(CC(C)C)no2)nn(-c2ccc(Cl)cc2Cl)c1-c1ccc(Cl)cc1. The van der Waals surface area contributed by atoms with Crippen LogP contribution in [0.5, 0.6) is 0 Å². The average molecular weight is 462 g/mol. The second kappa shape index (κ2) is 8.42. The summed E-state index contributed by atoms with van der Waals surface area (Å²) in [5.41, 5.74) is 3.98. The Kier molecular flexibility index (Phi) is 5.87. The van der Waals surface area contributed by atoms with E-state index in [1.165, 1.54) is 0 Å². The van der Waals surface area contributed by atoms with Crippen LogP contribution in [0.1, 0.15) is 25.2 Å². The molecule has 0 saturated carbocycles. The van der Waals surface area contributed by atoms with Gasteiger partial charge in [0.15, 0.2) is 11.5 Å². The van der Waals surface area contributed by atoms with E-state index in [2.05, 4.69) is 24.0 Å². The van der Waals surface area contributed by atoms with Crippen molar-refractivity contribution in [1.29, 1.82) is 0 Å². The van der Waals surface area contributed by atoms with Crippen LogP contribution in [0.2, 0.25) is 15.1 Å². The predicted molar refractivity (Wildman–Crippen MR) is 121 cm³/mol. The summed E-state index contributed by atoms with van der Waals surface area (Å²) in [5, 5.41) is 10.6. The fourth-order valence-corrected chi connectivity index (χ4v) is 3.89. The maximum atomic E-state index is 6.50. The van der Waals surface area contributed by atoms with E-state index in [0.717, 1.165) is 23.2 Å². The third-order valence-corrected chi connectivity index (χ3v) is 5.43. The van der Waals surface area contributed by atoms with Gasteiger partial charge in [-0.05, 0) is 43.2 Å². The van der Waals surface area contributed by atoms with Crippen molar-refractivity contribution in [2.75, 3.05) is 0 Å². The molecule has 0 radical (unpaired) electrons. The summed E-state index contributed by atoms with van der Waals surface area (Å²) < 4.78 is 7.31. The van der Waals surface area contributed by atoms with Gasteiger partial charge >= 0.3 is 0 Å². The molecular formula is C22H19Cl3N4O. The highest BCUT2D eigenvalue weighted by Gasteiger charge is 2.23. The second-order valence-electron chi connectivity index (χ2n) is 7.45. The Labute approximate surface area is 189 Å². The Morgan fingerprint density at radius 2 is 1.70 bits per heavy atom. The van der Waals surface area contributed by atoms with Crippen LogP contribution in [0.3, 0.4) is 0 Å². The minimum Gasteiger partial charge on any atom is -0.332 e. The number of rotatable bonds is 5. The fourth-order valence-electron chi connectivity index (χ4n) is 3.27. The van der Waals surface area contributed by atoms with E-state index in [0.29, 0.717) is 44.1 Å². The lowest BCUT2D eigenvalue weighted by atomic mass is 10.1. The number of hydrogen-bond donors (Lipinski definition) is 0. The summed E-state index contributed by atoms with van der Waals surface area (Å²) in [6.07, 6.45) is 0.732. The standard InChI is InChI=1S/C22H19Cl3N4O/c1-12(2)10-19-26-22(30-28-19)20-13(3)21(14-4-6-15(23)7-5-14)29(27-20)18-9-8-16(24)11-17(18)25/h4-9,11-12H,10H2,1-3H3. The third kappa shape index (κ3) is 4.10. The molecule has 4 rings (SSSR count). The lowest BCUT2D eigenvalue weighted by Gasteiger charge is -2.11. The Balaban J connectivity index is 1.91. The highest BCUT2D eigenvalue weighted by atomic mass is 35.5. The van der Waals surface area contributed by atoms with E-state index in [1.54, 1.807) is 16.8 Å². The summed E-state index contributed by atoms with van der Waals surface area (Å²) >= 11 is 18.7. The van der Waals surface area contributed by atoms with E-state index in [-0.39, 0.29) is 0 Å². The fraction of sp³-hybridized carbons (Fsp3) is 0.227. The summed E-state index contributed by atoms with van der Waals surface area (Å²) in [4.78, 5) is 4.55. The van der Waals surface area contributed by atoms with Crippen LogP contribution in [0.25, 0.3) is 28.5 Å². The molecule has 2 aromatic carbocycles. The molecule has 0 bridgehead atoms. The minimum atomic E-state index is 0.377. The third-order valence-electron chi connectivity index (χ3n) is 4.64. The van der Waals surface area contributed by atoms with Crippen molar-refractivity contribution >= 4 is 34.8 Å². The maximum Gasteiger partial charge on any atom is 0.278 e. The smallest absolute Gasteiger partial charge is 0.278 e. The van der Waals surface area contributed by atoms with Gasteiger partial charge in [-0.15, -0.1) is 0 Å². The molecule has 0 spiro atoms. The lowest BCUT2D eigenvalue weighted by Crippen LogP contribution is -2.00. The van der Waals surface area contributed by atoms with Crippen molar-refractivity contribution in [3.8, 4) is 28.5 Å². The molecule has 2 aromatic heterocycles. The van der Waals surface area contributed by atoms with Gasteiger partial charge in [-0.25, -0.2) is 4.68 Å². The van der Waals surface area contributed by atoms with Crippen molar-refractivity contribution in [2.24, 2.45) is 5.92 Å². The monoisotopic (exact) mass is 460 g/mol. The molecule has 0 aliphatic heterocycles. The van der Waals surface area contributed by atoms with Crippen LogP contribution in [0, 0.1) is 12.8 Å². The van der Waals surface area contributed by atoms with Crippen molar-refractivity contribution in [3.05, 3.63) is 68.9 Å². The van der Waals surface area contributed by atoms with Crippen LogP contribution in [-0.4, -0.2) is 19.9 Å². The number of aromatic nitrogens is 4. The minimum absolute atomic E-state index is 0.377. The highest BCUT2D eigenvalue weighted by molar-refractivity contribution is 6.35. The van der Waals surface area contributed by atoms with E-state index < -0.39 is 0 Å². The Morgan fingerprint density at radius 1 is 1.00 bits per heavy atom. The zero-order valence-electron chi connectivity index (χ0n) is 16.7. The maximum absolute atomic E-state index is 6.50. The second-order valence-corrected chi connectivity index (χ2v) is 8.73. The molecule has 0 amide bonds. The molecule has 0 fully saturated rings. The van der Waals surface area contributed by atoms with Gasteiger partial charge in [0.1, 0.15) is 0 Å². The Bertz CT molecular complexity index is 1200. The number of hydrogen-bond acceptors (Lipinski definition) is 4. The molecule has 2 heterocycles.